The molecule has 8 heteroatoms. The molecule has 3 rings (SSSR count). The van der Waals surface area contributed by atoms with Gasteiger partial charge in [0.25, 0.3) is 5.91 Å². The molecule has 0 radical (unpaired) electrons. The Balaban J connectivity index is 1.72. The van der Waals surface area contributed by atoms with E-state index in [9.17, 15) is 19.5 Å². The second kappa shape index (κ2) is 8.69. The number of hydrogen-bond donors (Lipinski definition) is 2. The maximum Gasteiger partial charge on any atom is 0.274 e. The van der Waals surface area contributed by atoms with Crippen LogP contribution in [0.1, 0.15) is 42.0 Å². The lowest BCUT2D eigenvalue weighted by Crippen LogP contribution is -2.46. The third-order valence-electron chi connectivity index (χ3n) is 5.02. The number of hydrogen-bond acceptors (Lipinski definition) is 4. The molecule has 2 amide bonds. The largest absolute Gasteiger partial charge is 0.503 e. The van der Waals surface area contributed by atoms with Gasteiger partial charge in [-0.15, -0.1) is 0 Å². The fourth-order valence-corrected chi connectivity index (χ4v) is 3.68. The monoisotopic (exact) mass is 417 g/mol. The molecule has 29 heavy (non-hydrogen) atoms. The van der Waals surface area contributed by atoms with Crippen LogP contribution in [0.25, 0.3) is 0 Å². The minimum absolute atomic E-state index is 0.0133. The Morgan fingerprint density at radius 1 is 1.24 bits per heavy atom. The first-order valence-corrected chi connectivity index (χ1v) is 9.93. The first kappa shape index (κ1) is 20.9. The van der Waals surface area contributed by atoms with Gasteiger partial charge in [-0.2, -0.15) is 0 Å². The predicted molar refractivity (Wildman–Crippen MR) is 110 cm³/mol. The lowest BCUT2D eigenvalue weighted by atomic mass is 10.1. The lowest BCUT2D eigenvalue weighted by molar-refractivity contribution is -0.121. The van der Waals surface area contributed by atoms with Gasteiger partial charge in [-0.25, -0.2) is 0 Å². The molecule has 1 aliphatic rings. The zero-order valence-corrected chi connectivity index (χ0v) is 17.2. The fourth-order valence-electron chi connectivity index (χ4n) is 3.47. The summed E-state index contributed by atoms with van der Waals surface area (Å²) in [5.41, 5.74) is 0.819. The number of rotatable bonds is 6. The van der Waals surface area contributed by atoms with Crippen molar-refractivity contribution < 1.29 is 14.7 Å². The normalized spacial score (nSPS) is 13.5. The summed E-state index contributed by atoms with van der Waals surface area (Å²) in [6.45, 7) is 4.79. The van der Waals surface area contributed by atoms with Crippen molar-refractivity contribution in [3.8, 4) is 5.75 Å². The number of amides is 2. The molecule has 0 atom stereocenters. The zero-order chi connectivity index (χ0) is 21.1. The van der Waals surface area contributed by atoms with E-state index in [0.29, 0.717) is 30.2 Å². The Morgan fingerprint density at radius 3 is 2.69 bits per heavy atom. The fraction of sp³-hybridized carbons (Fsp3) is 0.381. The molecule has 2 aromatic rings. The van der Waals surface area contributed by atoms with Gasteiger partial charge >= 0.3 is 0 Å². The molecule has 0 saturated carbocycles. The van der Waals surface area contributed by atoms with E-state index in [1.54, 1.807) is 15.5 Å². The van der Waals surface area contributed by atoms with Crippen LogP contribution < -0.4 is 10.7 Å². The van der Waals surface area contributed by atoms with Gasteiger partial charge < -0.3 is 19.9 Å². The van der Waals surface area contributed by atoms with Gasteiger partial charge in [0.1, 0.15) is 0 Å². The molecule has 0 spiro atoms. The van der Waals surface area contributed by atoms with Gasteiger partial charge in [-0.3, -0.25) is 14.4 Å². The molecule has 1 aromatic heterocycles. The highest BCUT2D eigenvalue weighted by Crippen LogP contribution is 2.22. The summed E-state index contributed by atoms with van der Waals surface area (Å²) >= 11 is 5.95. The van der Waals surface area contributed by atoms with Crippen LogP contribution in [0.5, 0.6) is 5.75 Å². The highest BCUT2D eigenvalue weighted by atomic mass is 35.5. The van der Waals surface area contributed by atoms with Crippen LogP contribution in [0.2, 0.25) is 5.02 Å². The van der Waals surface area contributed by atoms with E-state index < -0.39 is 11.2 Å². The van der Waals surface area contributed by atoms with Crippen molar-refractivity contribution in [3.05, 3.63) is 62.5 Å². The van der Waals surface area contributed by atoms with E-state index in [1.807, 2.05) is 32.0 Å². The van der Waals surface area contributed by atoms with Gasteiger partial charge in [0.2, 0.25) is 11.3 Å². The summed E-state index contributed by atoms with van der Waals surface area (Å²) in [4.78, 5) is 38.7. The van der Waals surface area contributed by atoms with Crippen LogP contribution in [0.4, 0.5) is 0 Å². The van der Waals surface area contributed by atoms with Crippen LogP contribution in [0.3, 0.4) is 0 Å². The summed E-state index contributed by atoms with van der Waals surface area (Å²) < 4.78 is 1.62. The second-order valence-corrected chi connectivity index (χ2v) is 7.78. The number of carbonyl (C=O) groups excluding carboxylic acids is 2. The number of fused-ring (bicyclic) bond motifs is 1. The minimum Gasteiger partial charge on any atom is -0.503 e. The Bertz CT molecular complexity index is 1000. The maximum absolute atomic E-state index is 12.7. The lowest BCUT2D eigenvalue weighted by Gasteiger charge is -2.34. The van der Waals surface area contributed by atoms with Crippen molar-refractivity contribution in [2.24, 2.45) is 0 Å². The van der Waals surface area contributed by atoms with Crippen molar-refractivity contribution in [1.29, 1.82) is 0 Å². The molecule has 0 fully saturated rings. The van der Waals surface area contributed by atoms with Crippen molar-refractivity contribution in [3.63, 3.8) is 0 Å². The number of benzene rings is 1. The van der Waals surface area contributed by atoms with E-state index in [2.05, 4.69) is 5.32 Å². The Labute approximate surface area is 173 Å². The van der Waals surface area contributed by atoms with Crippen LogP contribution in [0, 0.1) is 0 Å². The number of nitrogens with zero attached hydrogens (tertiary/aromatic N) is 2. The Hall–Kier alpha value is -2.80. The molecule has 1 aromatic carbocycles. The van der Waals surface area contributed by atoms with E-state index in [-0.39, 0.29) is 36.5 Å². The number of aromatic nitrogens is 1. The minimum atomic E-state index is -0.626. The molecule has 2 N–H and O–H groups in total. The van der Waals surface area contributed by atoms with Crippen molar-refractivity contribution >= 4 is 23.4 Å². The number of halogens is 1. The molecule has 0 bridgehead atoms. The summed E-state index contributed by atoms with van der Waals surface area (Å²) in [6.07, 6.45) is 0.817. The van der Waals surface area contributed by atoms with Crippen LogP contribution >= 0.6 is 11.6 Å². The average Bonchev–Trinajstić information content (AvgIpc) is 2.67. The smallest absolute Gasteiger partial charge is 0.274 e. The highest BCUT2D eigenvalue weighted by molar-refractivity contribution is 6.30. The molecular formula is C21H24ClN3O4. The number of pyridine rings is 1. The van der Waals surface area contributed by atoms with Crippen molar-refractivity contribution in [2.45, 2.75) is 45.8 Å². The second-order valence-electron chi connectivity index (χ2n) is 7.35. The highest BCUT2D eigenvalue weighted by Gasteiger charge is 2.31. The first-order valence-electron chi connectivity index (χ1n) is 9.55. The third kappa shape index (κ3) is 4.62. The predicted octanol–water partition coefficient (Wildman–Crippen LogP) is 2.32. The number of aryl methyl sites for hydroxylation is 1. The molecule has 1 aliphatic heterocycles. The van der Waals surface area contributed by atoms with Crippen LogP contribution in [0.15, 0.2) is 35.1 Å². The number of aromatic hydroxyl groups is 1. The summed E-state index contributed by atoms with van der Waals surface area (Å²) in [5.74, 6) is -1.10. The average molecular weight is 418 g/mol. The molecular weight excluding hydrogens is 394 g/mol. The van der Waals surface area contributed by atoms with Crippen LogP contribution in [-0.4, -0.2) is 39.0 Å². The van der Waals surface area contributed by atoms with Gasteiger partial charge in [0.15, 0.2) is 11.4 Å². The van der Waals surface area contributed by atoms with E-state index >= 15 is 0 Å². The van der Waals surface area contributed by atoms with Crippen molar-refractivity contribution in [2.75, 3.05) is 6.54 Å². The molecule has 0 saturated heterocycles. The first-order chi connectivity index (χ1) is 13.8. The topological polar surface area (TPSA) is 91.6 Å². The van der Waals surface area contributed by atoms with Crippen molar-refractivity contribution in [1.82, 2.24) is 14.8 Å². The van der Waals surface area contributed by atoms with Gasteiger partial charge in [-0.05, 0) is 38.0 Å². The summed E-state index contributed by atoms with van der Waals surface area (Å²) in [7, 11) is 0. The molecule has 0 aliphatic carbocycles. The molecule has 154 valence electrons. The quantitative estimate of drug-likeness (QED) is 0.754. The van der Waals surface area contributed by atoms with Gasteiger partial charge in [0.05, 0.1) is 6.54 Å². The Morgan fingerprint density at radius 2 is 2.00 bits per heavy atom. The van der Waals surface area contributed by atoms with Gasteiger partial charge in [-0.1, -0.05) is 23.7 Å². The molecule has 7 nitrogen and oxygen atoms in total. The third-order valence-corrected chi connectivity index (χ3v) is 5.25. The standard InChI is InChI=1S/C21H24ClN3O4/c1-13(2)24-8-9-25-16(11-17(26)20(28)19(25)21(24)29)12-23-18(27)7-6-14-4-3-5-15(22)10-14/h3-5,10-11,13,28H,6-9,12H2,1-2H3,(H,23,27). The number of nitrogens with one attached hydrogen (secondary N) is 1. The summed E-state index contributed by atoms with van der Waals surface area (Å²) in [5, 5.41) is 13.6. The molecule has 2 heterocycles. The number of carbonyl (C=O) groups is 2. The van der Waals surface area contributed by atoms with E-state index in [4.69, 9.17) is 11.6 Å². The SMILES string of the molecule is CC(C)N1CCn2c(CNC(=O)CCc3cccc(Cl)c3)cc(=O)c(O)c2C1=O. The molecule has 0 unspecified atom stereocenters. The Kier molecular flexibility index (Phi) is 6.27. The van der Waals surface area contributed by atoms with Gasteiger partial charge in [0, 0.05) is 42.3 Å². The zero-order valence-electron chi connectivity index (χ0n) is 16.4. The van der Waals surface area contributed by atoms with E-state index in [0.717, 1.165) is 5.56 Å². The van der Waals surface area contributed by atoms with E-state index in [1.165, 1.54) is 6.07 Å². The van der Waals surface area contributed by atoms with Crippen LogP contribution in [-0.2, 0) is 24.3 Å². The maximum atomic E-state index is 12.7. The summed E-state index contributed by atoms with van der Waals surface area (Å²) in [6, 6.07) is 8.56.